The summed E-state index contributed by atoms with van der Waals surface area (Å²) in [6.07, 6.45) is 0. The summed E-state index contributed by atoms with van der Waals surface area (Å²) >= 11 is 7.64. The third kappa shape index (κ3) is 4.80. The van der Waals surface area contributed by atoms with Gasteiger partial charge in [-0.3, -0.25) is 4.79 Å². The molecule has 0 saturated heterocycles. The lowest BCUT2D eigenvalue weighted by molar-refractivity contribution is 0.0948. The van der Waals surface area contributed by atoms with Gasteiger partial charge in [-0.2, -0.15) is 0 Å². The van der Waals surface area contributed by atoms with Crippen molar-refractivity contribution in [2.45, 2.75) is 30.5 Å². The van der Waals surface area contributed by atoms with Gasteiger partial charge in [-0.15, -0.1) is 11.8 Å². The molecule has 0 saturated carbocycles. The molecule has 0 heterocycles. The number of carbonyl (C=O) groups is 1. The molecule has 2 aromatic carbocycles. The lowest BCUT2D eigenvalue weighted by atomic mass is 10.2. The zero-order chi connectivity index (χ0) is 15.2. The highest BCUT2D eigenvalue weighted by atomic mass is 35.5. The van der Waals surface area contributed by atoms with Gasteiger partial charge < -0.3 is 5.32 Å². The molecule has 0 aliphatic heterocycles. The van der Waals surface area contributed by atoms with Gasteiger partial charge >= 0.3 is 0 Å². The molecule has 21 heavy (non-hydrogen) atoms. The first-order valence-corrected chi connectivity index (χ1v) is 8.10. The van der Waals surface area contributed by atoms with Crippen LogP contribution >= 0.6 is 23.4 Å². The molecule has 0 aliphatic rings. The quantitative estimate of drug-likeness (QED) is 0.804. The van der Waals surface area contributed by atoms with E-state index in [0.717, 1.165) is 16.0 Å². The maximum atomic E-state index is 12.3. The molecule has 0 unspecified atom stereocenters. The fourth-order valence-electron chi connectivity index (χ4n) is 1.94. The predicted octanol–water partition coefficient (Wildman–Crippen LogP) is 4.77. The number of nitrogens with one attached hydrogen (secondary N) is 1. The molecule has 0 atom stereocenters. The van der Waals surface area contributed by atoms with Gasteiger partial charge in [0, 0.05) is 21.7 Å². The fourth-order valence-corrected chi connectivity index (χ4v) is 3.10. The maximum absolute atomic E-state index is 12.3. The number of carbonyl (C=O) groups excluding carboxylic acids is 1. The van der Waals surface area contributed by atoms with Crippen LogP contribution in [0.2, 0.25) is 5.02 Å². The Morgan fingerprint density at radius 2 is 1.95 bits per heavy atom. The van der Waals surface area contributed by atoms with Gasteiger partial charge in [-0.25, -0.2) is 0 Å². The topological polar surface area (TPSA) is 29.1 Å². The van der Waals surface area contributed by atoms with Gasteiger partial charge in [0.2, 0.25) is 0 Å². The first kappa shape index (κ1) is 15.9. The lowest BCUT2D eigenvalue weighted by Gasteiger charge is -2.11. The minimum absolute atomic E-state index is 0.0567. The van der Waals surface area contributed by atoms with Crippen LogP contribution in [0.3, 0.4) is 0 Å². The predicted molar refractivity (Wildman–Crippen MR) is 90.1 cm³/mol. The number of amides is 1. The monoisotopic (exact) mass is 319 g/mol. The molecule has 2 rings (SSSR count). The van der Waals surface area contributed by atoms with E-state index in [9.17, 15) is 4.79 Å². The normalized spacial score (nSPS) is 10.7. The minimum Gasteiger partial charge on any atom is -0.348 e. The van der Waals surface area contributed by atoms with E-state index in [2.05, 4.69) is 19.2 Å². The molecule has 0 bridgehead atoms. The highest BCUT2D eigenvalue weighted by Crippen LogP contribution is 2.26. The second kappa shape index (κ2) is 7.53. The van der Waals surface area contributed by atoms with E-state index in [-0.39, 0.29) is 5.91 Å². The Balaban J connectivity index is 2.07. The van der Waals surface area contributed by atoms with Crippen molar-refractivity contribution in [2.75, 3.05) is 0 Å². The highest BCUT2D eigenvalue weighted by Gasteiger charge is 2.12. The van der Waals surface area contributed by atoms with Crippen molar-refractivity contribution in [3.05, 3.63) is 64.7 Å². The standard InChI is InChI=1S/C17H18ClNOS/c1-12(2)21-16-9-4-3-8-15(16)17(20)19-11-13-6-5-7-14(18)10-13/h3-10,12H,11H2,1-2H3,(H,19,20). The molecule has 2 aromatic rings. The van der Waals surface area contributed by atoms with E-state index in [4.69, 9.17) is 11.6 Å². The largest absolute Gasteiger partial charge is 0.348 e. The third-order valence-corrected chi connectivity index (χ3v) is 4.15. The van der Waals surface area contributed by atoms with Crippen LogP contribution in [0.4, 0.5) is 0 Å². The molecular formula is C17H18ClNOS. The Hall–Kier alpha value is -1.45. The van der Waals surface area contributed by atoms with Gasteiger partial charge in [-0.05, 0) is 29.8 Å². The molecule has 0 spiro atoms. The molecule has 110 valence electrons. The fraction of sp³-hybridized carbons (Fsp3) is 0.235. The number of thioether (sulfide) groups is 1. The van der Waals surface area contributed by atoms with Crippen LogP contribution in [0.1, 0.15) is 29.8 Å². The molecule has 0 aliphatic carbocycles. The van der Waals surface area contributed by atoms with Crippen molar-refractivity contribution in [3.63, 3.8) is 0 Å². The summed E-state index contributed by atoms with van der Waals surface area (Å²) in [5.74, 6) is -0.0567. The van der Waals surface area contributed by atoms with Crippen molar-refractivity contribution >= 4 is 29.3 Å². The van der Waals surface area contributed by atoms with E-state index < -0.39 is 0 Å². The molecule has 4 heteroatoms. The number of hydrogen-bond donors (Lipinski definition) is 1. The van der Waals surface area contributed by atoms with Crippen LogP contribution in [-0.4, -0.2) is 11.2 Å². The van der Waals surface area contributed by atoms with Crippen LogP contribution in [0.25, 0.3) is 0 Å². The number of halogens is 1. The average molecular weight is 320 g/mol. The summed E-state index contributed by atoms with van der Waals surface area (Å²) in [6.45, 7) is 4.71. The van der Waals surface area contributed by atoms with Crippen LogP contribution in [0.15, 0.2) is 53.4 Å². The number of rotatable bonds is 5. The van der Waals surface area contributed by atoms with Crippen LogP contribution in [0.5, 0.6) is 0 Å². The molecule has 2 nitrogen and oxygen atoms in total. The molecule has 0 aromatic heterocycles. The molecular weight excluding hydrogens is 302 g/mol. The van der Waals surface area contributed by atoms with Crippen molar-refractivity contribution in [2.24, 2.45) is 0 Å². The zero-order valence-electron chi connectivity index (χ0n) is 12.1. The summed E-state index contributed by atoms with van der Waals surface area (Å²) in [5.41, 5.74) is 1.71. The SMILES string of the molecule is CC(C)Sc1ccccc1C(=O)NCc1cccc(Cl)c1. The highest BCUT2D eigenvalue weighted by molar-refractivity contribution is 8.00. The van der Waals surface area contributed by atoms with Gasteiger partial charge in [-0.1, -0.05) is 49.7 Å². The summed E-state index contributed by atoms with van der Waals surface area (Å²) in [4.78, 5) is 13.4. The van der Waals surface area contributed by atoms with E-state index in [1.54, 1.807) is 11.8 Å². The summed E-state index contributed by atoms with van der Waals surface area (Å²) < 4.78 is 0. The summed E-state index contributed by atoms with van der Waals surface area (Å²) in [6, 6.07) is 15.2. The molecule has 0 fully saturated rings. The maximum Gasteiger partial charge on any atom is 0.252 e. The van der Waals surface area contributed by atoms with E-state index in [0.29, 0.717) is 16.8 Å². The van der Waals surface area contributed by atoms with E-state index in [1.165, 1.54) is 0 Å². The number of hydrogen-bond acceptors (Lipinski definition) is 2. The van der Waals surface area contributed by atoms with Gasteiger partial charge in [0.15, 0.2) is 0 Å². The van der Waals surface area contributed by atoms with Crippen LogP contribution in [0, 0.1) is 0 Å². The molecule has 1 amide bonds. The van der Waals surface area contributed by atoms with Crippen LogP contribution < -0.4 is 5.32 Å². The summed E-state index contributed by atoms with van der Waals surface area (Å²) in [7, 11) is 0. The van der Waals surface area contributed by atoms with Crippen molar-refractivity contribution in [1.29, 1.82) is 0 Å². The zero-order valence-corrected chi connectivity index (χ0v) is 13.7. The minimum atomic E-state index is -0.0567. The lowest BCUT2D eigenvalue weighted by Crippen LogP contribution is -2.23. The average Bonchev–Trinajstić information content (AvgIpc) is 2.45. The Bertz CT molecular complexity index is 628. The van der Waals surface area contributed by atoms with Gasteiger partial charge in [0.05, 0.1) is 5.56 Å². The number of benzene rings is 2. The Labute approximate surface area is 134 Å². The van der Waals surface area contributed by atoms with Crippen molar-refractivity contribution in [3.8, 4) is 0 Å². The first-order valence-electron chi connectivity index (χ1n) is 6.84. The van der Waals surface area contributed by atoms with Crippen molar-refractivity contribution in [1.82, 2.24) is 5.32 Å². The second-order valence-electron chi connectivity index (χ2n) is 4.98. The van der Waals surface area contributed by atoms with Crippen molar-refractivity contribution < 1.29 is 4.79 Å². The first-order chi connectivity index (χ1) is 10.1. The summed E-state index contributed by atoms with van der Waals surface area (Å²) in [5, 5.41) is 4.06. The van der Waals surface area contributed by atoms with Gasteiger partial charge in [0.25, 0.3) is 5.91 Å². The second-order valence-corrected chi connectivity index (χ2v) is 7.03. The molecule has 0 radical (unpaired) electrons. The van der Waals surface area contributed by atoms with Gasteiger partial charge in [0.1, 0.15) is 0 Å². The van der Waals surface area contributed by atoms with E-state index in [1.807, 2.05) is 48.5 Å². The Morgan fingerprint density at radius 1 is 1.19 bits per heavy atom. The smallest absolute Gasteiger partial charge is 0.252 e. The molecule has 1 N–H and O–H groups in total. The third-order valence-electron chi connectivity index (χ3n) is 2.84. The van der Waals surface area contributed by atoms with Crippen LogP contribution in [-0.2, 0) is 6.54 Å². The van der Waals surface area contributed by atoms with E-state index >= 15 is 0 Å². The Kier molecular flexibility index (Phi) is 5.71. The Morgan fingerprint density at radius 3 is 2.67 bits per heavy atom.